The van der Waals surface area contributed by atoms with E-state index < -0.39 is 5.97 Å². The van der Waals surface area contributed by atoms with Crippen molar-refractivity contribution in [2.45, 2.75) is 19.4 Å². The SMILES string of the molecule is COc1ccc(C(CC(=O)O)N(C)C)cc1C. The highest BCUT2D eigenvalue weighted by atomic mass is 16.5. The van der Waals surface area contributed by atoms with Gasteiger partial charge in [0.05, 0.1) is 13.5 Å². The highest BCUT2D eigenvalue weighted by Gasteiger charge is 2.18. The fourth-order valence-corrected chi connectivity index (χ4v) is 1.87. The molecule has 0 fully saturated rings. The molecule has 1 N–H and O–H groups in total. The Kier molecular flexibility index (Phi) is 4.52. The van der Waals surface area contributed by atoms with Crippen molar-refractivity contribution < 1.29 is 14.6 Å². The molecule has 0 aromatic heterocycles. The van der Waals surface area contributed by atoms with Crippen molar-refractivity contribution in [2.24, 2.45) is 0 Å². The lowest BCUT2D eigenvalue weighted by Gasteiger charge is -2.23. The van der Waals surface area contributed by atoms with E-state index in [9.17, 15) is 4.79 Å². The lowest BCUT2D eigenvalue weighted by Crippen LogP contribution is -2.22. The molecule has 0 aliphatic carbocycles. The Hall–Kier alpha value is -1.55. The first-order valence-electron chi connectivity index (χ1n) is 5.48. The Balaban J connectivity index is 3.02. The van der Waals surface area contributed by atoms with Gasteiger partial charge in [0.1, 0.15) is 5.75 Å². The molecule has 0 radical (unpaired) electrons. The Morgan fingerprint density at radius 1 is 1.47 bits per heavy atom. The van der Waals surface area contributed by atoms with Crippen LogP contribution in [0.2, 0.25) is 0 Å². The van der Waals surface area contributed by atoms with Crippen LogP contribution in [-0.2, 0) is 4.79 Å². The predicted octanol–water partition coefficient (Wildman–Crippen LogP) is 2.08. The molecule has 1 aromatic rings. The molecule has 1 atom stereocenters. The monoisotopic (exact) mass is 237 g/mol. The molecule has 4 nitrogen and oxygen atoms in total. The van der Waals surface area contributed by atoms with Gasteiger partial charge in [-0.1, -0.05) is 12.1 Å². The maximum Gasteiger partial charge on any atom is 0.305 e. The summed E-state index contributed by atoms with van der Waals surface area (Å²) in [5.74, 6) is 0.0266. The summed E-state index contributed by atoms with van der Waals surface area (Å²) < 4.78 is 5.19. The average Bonchev–Trinajstić information content (AvgIpc) is 2.25. The number of hydrogen-bond acceptors (Lipinski definition) is 3. The molecule has 0 aliphatic heterocycles. The van der Waals surface area contributed by atoms with Crippen LogP contribution in [0.5, 0.6) is 5.75 Å². The van der Waals surface area contributed by atoms with Gasteiger partial charge in [0.25, 0.3) is 0 Å². The lowest BCUT2D eigenvalue weighted by atomic mass is 10.0. The molecule has 0 saturated carbocycles. The second-order valence-electron chi connectivity index (χ2n) is 4.31. The third-order valence-corrected chi connectivity index (χ3v) is 2.79. The molecule has 94 valence electrons. The van der Waals surface area contributed by atoms with Crippen LogP contribution in [-0.4, -0.2) is 37.2 Å². The number of methoxy groups -OCH3 is 1. The number of carboxylic acids is 1. The van der Waals surface area contributed by atoms with Gasteiger partial charge >= 0.3 is 5.97 Å². The standard InChI is InChI=1S/C13H19NO3/c1-9-7-10(5-6-12(9)17-4)11(14(2)3)8-13(15)16/h5-7,11H,8H2,1-4H3,(H,15,16). The Bertz CT molecular complexity index is 402. The van der Waals surface area contributed by atoms with Crippen molar-refractivity contribution in [3.63, 3.8) is 0 Å². The quantitative estimate of drug-likeness (QED) is 0.851. The van der Waals surface area contributed by atoms with Gasteiger partial charge in [-0.05, 0) is 38.2 Å². The molecule has 0 aliphatic rings. The molecule has 1 unspecified atom stereocenters. The van der Waals surface area contributed by atoms with Crippen molar-refractivity contribution >= 4 is 5.97 Å². The van der Waals surface area contributed by atoms with E-state index in [0.29, 0.717) is 0 Å². The first-order valence-corrected chi connectivity index (χ1v) is 5.48. The number of carbonyl (C=O) groups is 1. The van der Waals surface area contributed by atoms with E-state index >= 15 is 0 Å². The van der Waals surface area contributed by atoms with E-state index in [-0.39, 0.29) is 12.5 Å². The van der Waals surface area contributed by atoms with E-state index in [2.05, 4.69) is 0 Å². The molecule has 0 amide bonds. The number of carboxylic acid groups (broad SMARTS) is 1. The van der Waals surface area contributed by atoms with Gasteiger partial charge < -0.3 is 14.7 Å². The summed E-state index contributed by atoms with van der Waals surface area (Å²) in [5.41, 5.74) is 2.01. The summed E-state index contributed by atoms with van der Waals surface area (Å²) in [7, 11) is 5.39. The highest BCUT2D eigenvalue weighted by Crippen LogP contribution is 2.26. The van der Waals surface area contributed by atoms with Crippen LogP contribution < -0.4 is 4.74 Å². The summed E-state index contributed by atoms with van der Waals surface area (Å²) in [4.78, 5) is 12.8. The molecule has 0 saturated heterocycles. The average molecular weight is 237 g/mol. The first-order chi connectivity index (χ1) is 7.95. The second kappa shape index (κ2) is 5.68. The molecule has 0 bridgehead atoms. The maximum absolute atomic E-state index is 10.8. The zero-order valence-corrected chi connectivity index (χ0v) is 10.7. The Labute approximate surface area is 102 Å². The first kappa shape index (κ1) is 13.5. The fraction of sp³-hybridized carbons (Fsp3) is 0.462. The number of nitrogens with zero attached hydrogens (tertiary/aromatic N) is 1. The van der Waals surface area contributed by atoms with Crippen LogP contribution in [0.3, 0.4) is 0 Å². The molecule has 0 spiro atoms. The lowest BCUT2D eigenvalue weighted by molar-refractivity contribution is -0.138. The van der Waals surface area contributed by atoms with E-state index in [1.165, 1.54) is 0 Å². The van der Waals surface area contributed by atoms with Gasteiger partial charge in [-0.3, -0.25) is 4.79 Å². The minimum atomic E-state index is -0.794. The van der Waals surface area contributed by atoms with Gasteiger partial charge in [-0.25, -0.2) is 0 Å². The van der Waals surface area contributed by atoms with E-state index in [0.717, 1.165) is 16.9 Å². The van der Waals surface area contributed by atoms with E-state index in [1.807, 2.05) is 44.1 Å². The molecule has 1 rings (SSSR count). The normalized spacial score (nSPS) is 12.5. The van der Waals surface area contributed by atoms with Crippen LogP contribution in [0, 0.1) is 6.92 Å². The van der Waals surface area contributed by atoms with Gasteiger partial charge in [-0.15, -0.1) is 0 Å². The van der Waals surface area contributed by atoms with E-state index in [4.69, 9.17) is 9.84 Å². The second-order valence-corrected chi connectivity index (χ2v) is 4.31. The number of aliphatic carboxylic acids is 1. The highest BCUT2D eigenvalue weighted by molar-refractivity contribution is 5.68. The topological polar surface area (TPSA) is 49.8 Å². The number of rotatable bonds is 5. The molecular formula is C13H19NO3. The largest absolute Gasteiger partial charge is 0.496 e. The Morgan fingerprint density at radius 3 is 2.53 bits per heavy atom. The summed E-state index contributed by atoms with van der Waals surface area (Å²) in [5, 5.41) is 8.91. The predicted molar refractivity (Wildman–Crippen MR) is 66.4 cm³/mol. The maximum atomic E-state index is 10.8. The van der Waals surface area contributed by atoms with Crippen molar-refractivity contribution in [1.82, 2.24) is 4.90 Å². The number of hydrogen-bond donors (Lipinski definition) is 1. The number of benzene rings is 1. The molecule has 4 heteroatoms. The minimum Gasteiger partial charge on any atom is -0.496 e. The zero-order valence-electron chi connectivity index (χ0n) is 10.7. The minimum absolute atomic E-state index is 0.0960. The summed E-state index contributed by atoms with van der Waals surface area (Å²) in [6.07, 6.45) is 0.0960. The van der Waals surface area contributed by atoms with Crippen LogP contribution in [0.1, 0.15) is 23.6 Å². The third kappa shape index (κ3) is 3.46. The fourth-order valence-electron chi connectivity index (χ4n) is 1.87. The summed E-state index contributed by atoms with van der Waals surface area (Å²) >= 11 is 0. The van der Waals surface area contributed by atoms with Crippen molar-refractivity contribution in [3.8, 4) is 5.75 Å². The van der Waals surface area contributed by atoms with Crippen molar-refractivity contribution in [2.75, 3.05) is 21.2 Å². The van der Waals surface area contributed by atoms with Crippen LogP contribution >= 0.6 is 0 Å². The Morgan fingerprint density at radius 2 is 2.12 bits per heavy atom. The molecule has 1 aromatic carbocycles. The van der Waals surface area contributed by atoms with Gasteiger partial charge in [-0.2, -0.15) is 0 Å². The van der Waals surface area contributed by atoms with Gasteiger partial charge in [0.2, 0.25) is 0 Å². The molecule has 0 heterocycles. The third-order valence-electron chi connectivity index (χ3n) is 2.79. The molecular weight excluding hydrogens is 218 g/mol. The summed E-state index contributed by atoms with van der Waals surface area (Å²) in [6.45, 7) is 1.95. The van der Waals surface area contributed by atoms with Gasteiger partial charge in [0, 0.05) is 6.04 Å². The number of ether oxygens (including phenoxy) is 1. The van der Waals surface area contributed by atoms with Crippen molar-refractivity contribution in [1.29, 1.82) is 0 Å². The van der Waals surface area contributed by atoms with Crippen LogP contribution in [0.4, 0.5) is 0 Å². The van der Waals surface area contributed by atoms with Gasteiger partial charge in [0.15, 0.2) is 0 Å². The smallest absolute Gasteiger partial charge is 0.305 e. The summed E-state index contributed by atoms with van der Waals surface area (Å²) in [6, 6.07) is 5.66. The van der Waals surface area contributed by atoms with Crippen LogP contribution in [0.25, 0.3) is 0 Å². The zero-order chi connectivity index (χ0) is 13.0. The van der Waals surface area contributed by atoms with E-state index in [1.54, 1.807) is 7.11 Å². The van der Waals surface area contributed by atoms with Crippen molar-refractivity contribution in [3.05, 3.63) is 29.3 Å². The van der Waals surface area contributed by atoms with Crippen LogP contribution in [0.15, 0.2) is 18.2 Å². The number of aryl methyl sites for hydroxylation is 1. The molecule has 17 heavy (non-hydrogen) atoms.